The van der Waals surface area contributed by atoms with Gasteiger partial charge in [-0.05, 0) is 56.5 Å². The lowest BCUT2D eigenvalue weighted by Gasteiger charge is -2.43. The van der Waals surface area contributed by atoms with Gasteiger partial charge in [0.1, 0.15) is 0 Å². The van der Waals surface area contributed by atoms with Gasteiger partial charge in [0.2, 0.25) is 0 Å². The normalized spacial score (nSPS) is 29.8. The Morgan fingerprint density at radius 2 is 1.94 bits per heavy atom. The van der Waals surface area contributed by atoms with E-state index < -0.39 is 0 Å². The summed E-state index contributed by atoms with van der Waals surface area (Å²) in [5.41, 5.74) is 6.69. The van der Waals surface area contributed by atoms with Gasteiger partial charge in [0.15, 0.2) is 0 Å². The summed E-state index contributed by atoms with van der Waals surface area (Å²) >= 11 is 0. The quantitative estimate of drug-likeness (QED) is 0.813. The van der Waals surface area contributed by atoms with Crippen molar-refractivity contribution in [1.29, 1.82) is 0 Å². The number of nitrogens with two attached hydrogens (primary N) is 1. The van der Waals surface area contributed by atoms with Crippen molar-refractivity contribution >= 4 is 0 Å². The van der Waals surface area contributed by atoms with Crippen molar-refractivity contribution in [2.45, 2.75) is 72.4 Å². The van der Waals surface area contributed by atoms with Gasteiger partial charge in [0, 0.05) is 12.1 Å². The van der Waals surface area contributed by atoms with E-state index in [9.17, 15) is 0 Å². The summed E-state index contributed by atoms with van der Waals surface area (Å²) in [6, 6.07) is 1.11. The van der Waals surface area contributed by atoms with E-state index in [1.54, 1.807) is 0 Å². The highest BCUT2D eigenvalue weighted by Crippen LogP contribution is 2.40. The van der Waals surface area contributed by atoms with Crippen molar-refractivity contribution in [1.82, 2.24) is 4.90 Å². The van der Waals surface area contributed by atoms with Crippen molar-refractivity contribution in [3.8, 4) is 0 Å². The van der Waals surface area contributed by atoms with Gasteiger partial charge in [0.05, 0.1) is 0 Å². The third-order valence-electron chi connectivity index (χ3n) is 4.89. The van der Waals surface area contributed by atoms with Crippen LogP contribution in [0.15, 0.2) is 0 Å². The van der Waals surface area contributed by atoms with Gasteiger partial charge in [-0.2, -0.15) is 0 Å². The molecule has 1 saturated carbocycles. The second kappa shape index (κ2) is 6.38. The highest BCUT2D eigenvalue weighted by Gasteiger charge is 2.34. The molecule has 0 aromatic carbocycles. The van der Waals surface area contributed by atoms with Crippen LogP contribution in [0.3, 0.4) is 0 Å². The smallest absolute Gasteiger partial charge is 0.0118 e. The van der Waals surface area contributed by atoms with Crippen molar-refractivity contribution in [3.05, 3.63) is 0 Å². The summed E-state index contributed by atoms with van der Waals surface area (Å²) < 4.78 is 0. The minimum atomic E-state index is 0.350. The van der Waals surface area contributed by atoms with Crippen LogP contribution in [0, 0.1) is 17.3 Å². The number of hydrogen-bond acceptors (Lipinski definition) is 2. The molecule has 0 aromatic heterocycles. The lowest BCUT2D eigenvalue weighted by molar-refractivity contribution is 0.0742. The molecule has 1 fully saturated rings. The average Bonchev–Trinajstić information content (AvgIpc) is 2.23. The molecule has 2 nitrogen and oxygen atoms in total. The van der Waals surface area contributed by atoms with E-state index in [1.165, 1.54) is 19.3 Å². The van der Waals surface area contributed by atoms with Crippen LogP contribution < -0.4 is 5.73 Å². The van der Waals surface area contributed by atoms with E-state index in [0.29, 0.717) is 17.4 Å². The average molecular weight is 254 g/mol. The molecule has 1 rings (SSSR count). The van der Waals surface area contributed by atoms with Crippen molar-refractivity contribution in [2.75, 3.05) is 13.6 Å². The first-order valence-electron chi connectivity index (χ1n) is 7.69. The number of hydrogen-bond donors (Lipinski definition) is 1. The number of nitrogens with zero attached hydrogens (tertiary/aromatic N) is 1. The Labute approximate surface area is 114 Å². The predicted molar refractivity (Wildman–Crippen MR) is 80.6 cm³/mol. The van der Waals surface area contributed by atoms with Gasteiger partial charge in [-0.15, -0.1) is 0 Å². The first kappa shape index (κ1) is 16.0. The molecule has 0 heterocycles. The van der Waals surface area contributed by atoms with Crippen LogP contribution in [-0.4, -0.2) is 30.6 Å². The molecule has 0 amide bonds. The third kappa shape index (κ3) is 4.55. The Kier molecular flexibility index (Phi) is 5.67. The molecule has 0 radical (unpaired) electrons. The van der Waals surface area contributed by atoms with Crippen LogP contribution in [0.25, 0.3) is 0 Å². The van der Waals surface area contributed by atoms with Crippen molar-refractivity contribution < 1.29 is 0 Å². The lowest BCUT2D eigenvalue weighted by Crippen LogP contribution is -2.44. The van der Waals surface area contributed by atoms with E-state index in [-0.39, 0.29) is 0 Å². The van der Waals surface area contributed by atoms with E-state index in [0.717, 1.165) is 24.9 Å². The zero-order valence-corrected chi connectivity index (χ0v) is 13.4. The first-order chi connectivity index (χ1) is 8.23. The van der Waals surface area contributed by atoms with E-state index >= 15 is 0 Å². The summed E-state index contributed by atoms with van der Waals surface area (Å²) in [5.74, 6) is 1.41. The zero-order valence-electron chi connectivity index (χ0n) is 13.4. The van der Waals surface area contributed by atoms with Gasteiger partial charge < -0.3 is 10.6 Å². The Bertz CT molecular complexity index is 247. The molecule has 2 N–H and O–H groups in total. The predicted octanol–water partition coefficient (Wildman–Crippen LogP) is 3.51. The van der Waals surface area contributed by atoms with Gasteiger partial charge in [-0.3, -0.25) is 0 Å². The summed E-state index contributed by atoms with van der Waals surface area (Å²) in [7, 11) is 2.28. The molecule has 0 spiro atoms. The van der Waals surface area contributed by atoms with E-state index in [2.05, 4.69) is 46.6 Å². The van der Waals surface area contributed by atoms with E-state index in [1.807, 2.05) is 0 Å². The van der Waals surface area contributed by atoms with Crippen molar-refractivity contribution in [2.24, 2.45) is 23.0 Å². The molecule has 18 heavy (non-hydrogen) atoms. The molecule has 2 heteroatoms. The molecule has 0 aromatic rings. The first-order valence-corrected chi connectivity index (χ1v) is 7.69. The minimum absolute atomic E-state index is 0.350. The minimum Gasteiger partial charge on any atom is -0.327 e. The zero-order chi connectivity index (χ0) is 13.9. The SMILES string of the molecule is CC(C)C(N)CCN(C)C1CCC(C)(C)CC1C. The highest BCUT2D eigenvalue weighted by molar-refractivity contribution is 4.87. The van der Waals surface area contributed by atoms with Crippen molar-refractivity contribution in [3.63, 3.8) is 0 Å². The lowest BCUT2D eigenvalue weighted by atomic mass is 9.70. The second-order valence-electron chi connectivity index (χ2n) is 7.63. The summed E-state index contributed by atoms with van der Waals surface area (Å²) in [5, 5.41) is 0. The fraction of sp³-hybridized carbons (Fsp3) is 1.00. The highest BCUT2D eigenvalue weighted by atomic mass is 15.1. The molecule has 3 atom stereocenters. The maximum atomic E-state index is 6.15. The molecule has 0 saturated heterocycles. The van der Waals surface area contributed by atoms with Crippen LogP contribution in [0.4, 0.5) is 0 Å². The van der Waals surface area contributed by atoms with Crippen LogP contribution >= 0.6 is 0 Å². The second-order valence-corrected chi connectivity index (χ2v) is 7.63. The molecule has 1 aliphatic carbocycles. The Morgan fingerprint density at radius 1 is 1.33 bits per heavy atom. The van der Waals surface area contributed by atoms with Crippen LogP contribution in [0.2, 0.25) is 0 Å². The standard InChI is InChI=1S/C16H34N2/c1-12(2)14(17)8-10-18(6)15-7-9-16(4,5)11-13(15)3/h12-15H,7-11,17H2,1-6H3. The van der Waals surface area contributed by atoms with Gasteiger partial charge in [-0.25, -0.2) is 0 Å². The monoisotopic (exact) mass is 254 g/mol. The van der Waals surface area contributed by atoms with Crippen LogP contribution in [-0.2, 0) is 0 Å². The molecule has 0 bridgehead atoms. The Morgan fingerprint density at radius 3 is 2.44 bits per heavy atom. The maximum Gasteiger partial charge on any atom is 0.0118 e. The summed E-state index contributed by atoms with van der Waals surface area (Å²) in [6.45, 7) is 12.8. The largest absolute Gasteiger partial charge is 0.327 e. The molecular formula is C16H34N2. The molecule has 3 unspecified atom stereocenters. The van der Waals surface area contributed by atoms with Crippen LogP contribution in [0.1, 0.15) is 60.3 Å². The molecule has 0 aliphatic heterocycles. The fourth-order valence-electron chi connectivity index (χ4n) is 3.44. The van der Waals surface area contributed by atoms with E-state index in [4.69, 9.17) is 5.73 Å². The Balaban J connectivity index is 2.40. The maximum absolute atomic E-state index is 6.15. The summed E-state index contributed by atoms with van der Waals surface area (Å²) in [6.07, 6.45) is 5.20. The topological polar surface area (TPSA) is 29.3 Å². The molecule has 108 valence electrons. The third-order valence-corrected chi connectivity index (χ3v) is 4.89. The Hall–Kier alpha value is -0.0800. The van der Waals surface area contributed by atoms with Gasteiger partial charge in [0.25, 0.3) is 0 Å². The van der Waals surface area contributed by atoms with Gasteiger partial charge in [-0.1, -0.05) is 34.6 Å². The van der Waals surface area contributed by atoms with Crippen LogP contribution in [0.5, 0.6) is 0 Å². The molecule has 1 aliphatic rings. The molecular weight excluding hydrogens is 220 g/mol. The fourth-order valence-corrected chi connectivity index (χ4v) is 3.44. The van der Waals surface area contributed by atoms with Gasteiger partial charge >= 0.3 is 0 Å². The number of rotatable bonds is 5. The summed E-state index contributed by atoms with van der Waals surface area (Å²) in [4.78, 5) is 2.56.